The van der Waals surface area contributed by atoms with Crippen molar-refractivity contribution >= 4 is 17.3 Å². The fraction of sp³-hybridized carbons (Fsp3) is 0.0476. The van der Waals surface area contributed by atoms with Gasteiger partial charge in [-0.15, -0.1) is 0 Å². The van der Waals surface area contributed by atoms with Gasteiger partial charge in [-0.25, -0.2) is 0 Å². The molecule has 0 spiro atoms. The molecule has 1 aliphatic carbocycles. The number of amides is 1. The van der Waals surface area contributed by atoms with Crippen LogP contribution in [-0.4, -0.2) is 23.6 Å². The smallest absolute Gasteiger partial charge is 0.269 e. The molecule has 0 aliphatic heterocycles. The van der Waals surface area contributed by atoms with E-state index in [1.54, 1.807) is 43.5 Å². The van der Waals surface area contributed by atoms with Crippen LogP contribution in [0.5, 0.6) is 5.75 Å². The van der Waals surface area contributed by atoms with Crippen molar-refractivity contribution in [2.24, 2.45) is 0 Å². The number of hydrazine groups is 1. The number of hydrogen-bond acceptors (Lipinski definition) is 5. The van der Waals surface area contributed by atoms with E-state index in [0.717, 1.165) is 5.56 Å². The van der Waals surface area contributed by atoms with E-state index in [9.17, 15) is 15.2 Å². The van der Waals surface area contributed by atoms with Crippen molar-refractivity contribution in [2.75, 3.05) is 7.11 Å². The third-order valence-corrected chi connectivity index (χ3v) is 4.08. The summed E-state index contributed by atoms with van der Waals surface area (Å²) in [6.45, 7) is 0. The predicted molar refractivity (Wildman–Crippen MR) is 107 cm³/mol. The number of allylic oxidation sites excluding steroid dienone is 5. The second-order valence-electron chi connectivity index (χ2n) is 5.85. The number of benzene rings is 2. The molecule has 0 heterocycles. The molecule has 0 radical (unpaired) electrons. The second-order valence-corrected chi connectivity index (χ2v) is 5.85. The summed E-state index contributed by atoms with van der Waals surface area (Å²) >= 11 is 0. The minimum atomic E-state index is -0.454. The summed E-state index contributed by atoms with van der Waals surface area (Å²) in [7, 11) is 1.56. The molecule has 0 saturated heterocycles. The standard InChI is InChI=1S/C21H18N3O4/c1-28-19-13-9-17(10-14-19)21(25)23-22-20(15-5-3-2-4-6-15)16-7-11-18(12-8-16)24(26)27/h2-14,22H,1H3,(H-,23,25,26,27)/q-1. The van der Waals surface area contributed by atoms with Crippen LogP contribution in [-0.2, 0) is 0 Å². The molecular weight excluding hydrogens is 358 g/mol. The maximum Gasteiger partial charge on any atom is 0.269 e. The number of nitrogens with one attached hydrogen (secondary N) is 2. The van der Waals surface area contributed by atoms with Crippen molar-refractivity contribution in [3.05, 3.63) is 106 Å². The predicted octanol–water partition coefficient (Wildman–Crippen LogP) is 2.92. The Morgan fingerprint density at radius 3 is 2.07 bits per heavy atom. The number of methoxy groups -OCH3 is 1. The lowest BCUT2D eigenvalue weighted by Gasteiger charge is -2.16. The Hall–Kier alpha value is -4.00. The fourth-order valence-corrected chi connectivity index (χ4v) is 2.60. The van der Waals surface area contributed by atoms with E-state index in [1.165, 1.54) is 12.2 Å². The summed E-state index contributed by atoms with van der Waals surface area (Å²) < 4.78 is 5.09. The van der Waals surface area contributed by atoms with Crippen LogP contribution in [0.2, 0.25) is 0 Å². The highest BCUT2D eigenvalue weighted by Gasteiger charge is 2.12. The average molecular weight is 376 g/mol. The Balaban J connectivity index is 1.84. The summed E-state index contributed by atoms with van der Waals surface area (Å²) in [5, 5.41) is 21.8. The van der Waals surface area contributed by atoms with Gasteiger partial charge in [-0.1, -0.05) is 30.3 Å². The summed E-state index contributed by atoms with van der Waals surface area (Å²) in [5.74, 6) is 0.338. The lowest BCUT2D eigenvalue weighted by atomic mass is 10.0. The molecule has 2 aromatic rings. The van der Waals surface area contributed by atoms with Crippen molar-refractivity contribution in [3.63, 3.8) is 0 Å². The number of carbonyl (C=O) groups excluding carboxylic acids is 1. The third-order valence-electron chi connectivity index (χ3n) is 4.08. The number of hydrogen-bond donors (Lipinski definition) is 2. The van der Waals surface area contributed by atoms with Gasteiger partial charge < -0.3 is 15.2 Å². The molecule has 0 aromatic heterocycles. The number of nitrogens with zero attached hydrogens (tertiary/aromatic N) is 1. The number of carbonyl (C=O) groups is 1. The van der Waals surface area contributed by atoms with Gasteiger partial charge in [0.25, 0.3) is 5.91 Å². The van der Waals surface area contributed by atoms with Gasteiger partial charge in [-0.3, -0.25) is 15.6 Å². The van der Waals surface area contributed by atoms with Gasteiger partial charge in [0.15, 0.2) is 0 Å². The molecule has 1 aliphatic rings. The maximum absolute atomic E-state index is 12.4. The van der Waals surface area contributed by atoms with Gasteiger partial charge in [0.1, 0.15) is 5.75 Å². The monoisotopic (exact) mass is 376 g/mol. The molecule has 1 amide bonds. The molecular formula is C21H18N3O4-. The van der Waals surface area contributed by atoms with Crippen LogP contribution >= 0.6 is 0 Å². The molecule has 2 aromatic carbocycles. The molecule has 142 valence electrons. The van der Waals surface area contributed by atoms with Gasteiger partial charge >= 0.3 is 0 Å². The lowest BCUT2D eigenvalue weighted by Crippen LogP contribution is -2.36. The van der Waals surface area contributed by atoms with Gasteiger partial charge in [-0.05, 0) is 42.0 Å². The quantitative estimate of drug-likeness (QED) is 0.617. The van der Waals surface area contributed by atoms with Crippen molar-refractivity contribution in [1.82, 2.24) is 10.9 Å². The Morgan fingerprint density at radius 1 is 0.857 bits per heavy atom. The molecule has 0 bridgehead atoms. The first-order chi connectivity index (χ1) is 13.6. The van der Waals surface area contributed by atoms with E-state index in [0.29, 0.717) is 22.6 Å². The summed E-state index contributed by atoms with van der Waals surface area (Å²) in [4.78, 5) is 12.0. The van der Waals surface area contributed by atoms with Crippen LogP contribution in [0.1, 0.15) is 15.9 Å². The second kappa shape index (κ2) is 8.59. The largest absolute Gasteiger partial charge is 0.612 e. The van der Waals surface area contributed by atoms with E-state index >= 15 is 0 Å². The van der Waals surface area contributed by atoms with Crippen LogP contribution in [0.25, 0.3) is 5.70 Å². The van der Waals surface area contributed by atoms with Crippen LogP contribution in [0.15, 0.2) is 84.5 Å². The minimum absolute atomic E-state index is 0.00145. The Morgan fingerprint density at radius 2 is 1.50 bits per heavy atom. The first kappa shape index (κ1) is 18.8. The van der Waals surface area contributed by atoms with Crippen LogP contribution < -0.4 is 15.6 Å². The lowest BCUT2D eigenvalue weighted by molar-refractivity contribution is -0.377. The Labute approximate surface area is 162 Å². The van der Waals surface area contributed by atoms with Gasteiger partial charge in [0.05, 0.1) is 12.8 Å². The van der Waals surface area contributed by atoms with Crippen molar-refractivity contribution in [1.29, 1.82) is 0 Å². The topological polar surface area (TPSA) is 99.5 Å². The molecule has 7 nitrogen and oxygen atoms in total. The molecule has 0 saturated carbocycles. The Kier molecular flexibility index (Phi) is 5.76. The van der Waals surface area contributed by atoms with Gasteiger partial charge in [0, 0.05) is 23.3 Å². The highest BCUT2D eigenvalue weighted by Crippen LogP contribution is 2.20. The van der Waals surface area contributed by atoms with E-state index in [-0.39, 0.29) is 11.6 Å². The molecule has 7 heteroatoms. The normalized spacial score (nSPS) is 12.5. The summed E-state index contributed by atoms with van der Waals surface area (Å²) in [5.41, 5.74) is 8.22. The molecule has 0 fully saturated rings. The molecule has 2 N–H and O–H groups in total. The zero-order valence-corrected chi connectivity index (χ0v) is 15.1. The molecule has 3 rings (SSSR count). The van der Waals surface area contributed by atoms with Crippen LogP contribution in [0.3, 0.4) is 0 Å². The SMILES string of the molecule is COc1ccc(C(=O)NNC(=C2C=CC(=[N+]([O-])[O-])C=C2)c2ccccc2)cc1. The summed E-state index contributed by atoms with van der Waals surface area (Å²) in [6.07, 6.45) is 6.11. The van der Waals surface area contributed by atoms with Crippen molar-refractivity contribution < 1.29 is 14.4 Å². The zero-order valence-electron chi connectivity index (χ0n) is 15.1. The molecule has 0 atom stereocenters. The number of rotatable bonds is 5. The highest BCUT2D eigenvalue weighted by atomic mass is 16.8. The van der Waals surface area contributed by atoms with Crippen LogP contribution in [0.4, 0.5) is 0 Å². The van der Waals surface area contributed by atoms with Crippen LogP contribution in [0, 0.1) is 10.4 Å². The first-order valence-electron chi connectivity index (χ1n) is 8.46. The van der Waals surface area contributed by atoms with Crippen molar-refractivity contribution in [3.8, 4) is 5.75 Å². The number of ether oxygens (including phenoxy) is 1. The highest BCUT2D eigenvalue weighted by molar-refractivity contribution is 6.03. The van der Waals surface area contributed by atoms with Gasteiger partial charge in [-0.2, -0.15) is 4.90 Å². The zero-order chi connectivity index (χ0) is 19.9. The fourth-order valence-electron chi connectivity index (χ4n) is 2.60. The van der Waals surface area contributed by atoms with E-state index < -0.39 is 4.90 Å². The molecule has 28 heavy (non-hydrogen) atoms. The average Bonchev–Trinajstić information content (AvgIpc) is 2.75. The Bertz CT molecular complexity index is 952. The van der Waals surface area contributed by atoms with E-state index in [1.807, 2.05) is 30.3 Å². The van der Waals surface area contributed by atoms with E-state index in [4.69, 9.17) is 4.74 Å². The molecule has 0 unspecified atom stereocenters. The third kappa shape index (κ3) is 4.39. The first-order valence-corrected chi connectivity index (χ1v) is 8.46. The van der Waals surface area contributed by atoms with Crippen molar-refractivity contribution in [2.45, 2.75) is 0 Å². The maximum atomic E-state index is 12.4. The minimum Gasteiger partial charge on any atom is -0.612 e. The summed E-state index contributed by atoms with van der Waals surface area (Å²) in [6, 6.07) is 16.1. The van der Waals surface area contributed by atoms with E-state index in [2.05, 4.69) is 10.9 Å². The van der Waals surface area contributed by atoms with Gasteiger partial charge in [0.2, 0.25) is 5.71 Å².